The fraction of sp³-hybridized carbons (Fsp3) is 1.00. The van der Waals surface area contributed by atoms with Crippen molar-refractivity contribution in [2.75, 3.05) is 39.4 Å². The number of rotatable bonds is 2. The summed E-state index contributed by atoms with van der Waals surface area (Å²) >= 11 is 0. The molecule has 2 saturated heterocycles. The molecule has 106 valence electrons. The summed E-state index contributed by atoms with van der Waals surface area (Å²) in [7, 11) is -3.21. The van der Waals surface area contributed by atoms with E-state index in [2.05, 4.69) is 5.32 Å². The molecule has 0 bridgehead atoms. The SMILES string of the molecule is CC1(C)CNCCN(CC2CCOCC2)S1(=O)=O. The van der Waals surface area contributed by atoms with E-state index in [-0.39, 0.29) is 0 Å². The van der Waals surface area contributed by atoms with Gasteiger partial charge in [-0.3, -0.25) is 0 Å². The molecule has 0 amide bonds. The maximum atomic E-state index is 12.6. The Morgan fingerprint density at radius 1 is 1.33 bits per heavy atom. The van der Waals surface area contributed by atoms with Crippen molar-refractivity contribution >= 4 is 10.0 Å². The third-order valence-electron chi connectivity index (χ3n) is 3.93. The van der Waals surface area contributed by atoms with Crippen molar-refractivity contribution in [1.82, 2.24) is 9.62 Å². The smallest absolute Gasteiger partial charge is 0.220 e. The molecule has 6 heteroatoms. The van der Waals surface area contributed by atoms with Crippen molar-refractivity contribution in [2.24, 2.45) is 5.92 Å². The molecule has 0 unspecified atom stereocenters. The van der Waals surface area contributed by atoms with Crippen LogP contribution in [0.1, 0.15) is 26.7 Å². The van der Waals surface area contributed by atoms with Crippen LogP contribution >= 0.6 is 0 Å². The average molecular weight is 276 g/mol. The summed E-state index contributed by atoms with van der Waals surface area (Å²) in [6, 6.07) is 0. The third kappa shape index (κ3) is 2.87. The molecule has 1 N–H and O–H groups in total. The molecule has 0 saturated carbocycles. The largest absolute Gasteiger partial charge is 0.381 e. The maximum Gasteiger partial charge on any atom is 0.220 e. The molecule has 5 nitrogen and oxygen atoms in total. The predicted octanol–water partition coefficient (Wildman–Crippen LogP) is 0.427. The lowest BCUT2D eigenvalue weighted by atomic mass is 10.0. The molecular weight excluding hydrogens is 252 g/mol. The van der Waals surface area contributed by atoms with Gasteiger partial charge in [0.25, 0.3) is 0 Å². The molecule has 0 aromatic heterocycles. The molecule has 0 aromatic carbocycles. The molecular formula is C12H24N2O3S. The van der Waals surface area contributed by atoms with Crippen LogP contribution in [0.3, 0.4) is 0 Å². The zero-order valence-corrected chi connectivity index (χ0v) is 12.1. The lowest BCUT2D eigenvalue weighted by Gasteiger charge is -2.32. The van der Waals surface area contributed by atoms with Crippen molar-refractivity contribution in [3.05, 3.63) is 0 Å². The molecule has 2 heterocycles. The first-order valence-electron chi connectivity index (χ1n) is 6.72. The van der Waals surface area contributed by atoms with Gasteiger partial charge >= 0.3 is 0 Å². The van der Waals surface area contributed by atoms with E-state index >= 15 is 0 Å². The highest BCUT2D eigenvalue weighted by Gasteiger charge is 2.41. The zero-order valence-electron chi connectivity index (χ0n) is 11.3. The highest BCUT2D eigenvalue weighted by atomic mass is 32.2. The number of hydrogen-bond donors (Lipinski definition) is 1. The van der Waals surface area contributed by atoms with Gasteiger partial charge in [0.2, 0.25) is 10.0 Å². The Balaban J connectivity index is 2.09. The van der Waals surface area contributed by atoms with Gasteiger partial charge in [-0.2, -0.15) is 4.31 Å². The van der Waals surface area contributed by atoms with Crippen LogP contribution < -0.4 is 5.32 Å². The van der Waals surface area contributed by atoms with Crippen molar-refractivity contribution in [1.29, 1.82) is 0 Å². The fourth-order valence-electron chi connectivity index (χ4n) is 2.56. The van der Waals surface area contributed by atoms with E-state index in [1.54, 1.807) is 18.2 Å². The minimum absolute atomic E-state index is 0.447. The molecule has 18 heavy (non-hydrogen) atoms. The van der Waals surface area contributed by atoms with Gasteiger partial charge < -0.3 is 10.1 Å². The molecule has 0 aliphatic carbocycles. The summed E-state index contributed by atoms with van der Waals surface area (Å²) in [6.07, 6.45) is 1.94. The summed E-state index contributed by atoms with van der Waals surface area (Å²) < 4.78 is 31.5. The Kier molecular flexibility index (Phi) is 4.31. The first-order valence-corrected chi connectivity index (χ1v) is 8.16. The van der Waals surface area contributed by atoms with Crippen LogP contribution in [0.15, 0.2) is 0 Å². The molecule has 2 fully saturated rings. The monoisotopic (exact) mass is 276 g/mol. The minimum atomic E-state index is -3.21. The van der Waals surface area contributed by atoms with Gasteiger partial charge in [0.15, 0.2) is 0 Å². The minimum Gasteiger partial charge on any atom is -0.381 e. The predicted molar refractivity (Wildman–Crippen MR) is 71.0 cm³/mol. The number of nitrogens with zero attached hydrogens (tertiary/aromatic N) is 1. The van der Waals surface area contributed by atoms with Crippen LogP contribution in [0.25, 0.3) is 0 Å². The molecule has 2 aliphatic heterocycles. The van der Waals surface area contributed by atoms with Crippen LogP contribution in [-0.2, 0) is 14.8 Å². The number of sulfonamides is 1. The van der Waals surface area contributed by atoms with Crippen molar-refractivity contribution < 1.29 is 13.2 Å². The van der Waals surface area contributed by atoms with Gasteiger partial charge in [-0.15, -0.1) is 0 Å². The van der Waals surface area contributed by atoms with E-state index in [4.69, 9.17) is 4.74 Å². The van der Waals surface area contributed by atoms with E-state index in [0.29, 0.717) is 25.6 Å². The van der Waals surface area contributed by atoms with Crippen molar-refractivity contribution in [3.63, 3.8) is 0 Å². The molecule has 2 aliphatic rings. The second kappa shape index (κ2) is 5.45. The van der Waals surface area contributed by atoms with Crippen LogP contribution in [0.4, 0.5) is 0 Å². The van der Waals surface area contributed by atoms with Crippen LogP contribution in [-0.4, -0.2) is 56.9 Å². The average Bonchev–Trinajstić information content (AvgIpc) is 2.42. The summed E-state index contributed by atoms with van der Waals surface area (Å²) in [5.74, 6) is 0.447. The lowest BCUT2D eigenvalue weighted by Crippen LogP contribution is -2.48. The van der Waals surface area contributed by atoms with Gasteiger partial charge in [0.05, 0.1) is 4.75 Å². The second-order valence-corrected chi connectivity index (χ2v) is 8.43. The van der Waals surface area contributed by atoms with Crippen molar-refractivity contribution in [3.8, 4) is 0 Å². The van der Waals surface area contributed by atoms with E-state index in [1.807, 2.05) is 0 Å². The van der Waals surface area contributed by atoms with Gasteiger partial charge in [-0.1, -0.05) is 0 Å². The van der Waals surface area contributed by atoms with E-state index < -0.39 is 14.8 Å². The number of hydrogen-bond acceptors (Lipinski definition) is 4. The summed E-state index contributed by atoms with van der Waals surface area (Å²) in [6.45, 7) is 7.64. The van der Waals surface area contributed by atoms with Gasteiger partial charge in [0.1, 0.15) is 0 Å². The lowest BCUT2D eigenvalue weighted by molar-refractivity contribution is 0.0607. The van der Waals surface area contributed by atoms with E-state index in [9.17, 15) is 8.42 Å². The molecule has 0 spiro atoms. The van der Waals surface area contributed by atoms with E-state index in [0.717, 1.165) is 32.6 Å². The number of nitrogens with one attached hydrogen (secondary N) is 1. The summed E-state index contributed by atoms with van der Waals surface area (Å²) in [5, 5.41) is 3.21. The Labute approximate surface area is 110 Å². The van der Waals surface area contributed by atoms with Crippen LogP contribution in [0, 0.1) is 5.92 Å². The standard InChI is InChI=1S/C12H24N2O3S/c1-12(2)10-13-5-6-14(18(12,15)16)9-11-3-7-17-8-4-11/h11,13H,3-10H2,1-2H3. The van der Waals surface area contributed by atoms with Crippen molar-refractivity contribution in [2.45, 2.75) is 31.4 Å². The van der Waals surface area contributed by atoms with Gasteiger partial charge in [0, 0.05) is 39.4 Å². The normalized spacial score (nSPS) is 29.9. The summed E-state index contributed by atoms with van der Waals surface area (Å²) in [4.78, 5) is 0. The van der Waals surface area contributed by atoms with Gasteiger partial charge in [-0.25, -0.2) is 8.42 Å². The maximum absolute atomic E-state index is 12.6. The van der Waals surface area contributed by atoms with Crippen LogP contribution in [0.2, 0.25) is 0 Å². The Morgan fingerprint density at radius 2 is 2.00 bits per heavy atom. The Bertz CT molecular complexity index is 375. The second-order valence-electron chi connectivity index (χ2n) is 5.86. The topological polar surface area (TPSA) is 58.6 Å². The van der Waals surface area contributed by atoms with Crippen LogP contribution in [0.5, 0.6) is 0 Å². The highest BCUT2D eigenvalue weighted by molar-refractivity contribution is 7.90. The quantitative estimate of drug-likeness (QED) is 0.794. The third-order valence-corrected chi connectivity index (χ3v) is 6.48. The summed E-state index contributed by atoms with van der Waals surface area (Å²) in [5.41, 5.74) is 0. The Morgan fingerprint density at radius 3 is 2.67 bits per heavy atom. The zero-order chi connectivity index (χ0) is 13.2. The van der Waals surface area contributed by atoms with Gasteiger partial charge in [-0.05, 0) is 32.6 Å². The molecule has 0 aromatic rings. The number of ether oxygens (including phenoxy) is 1. The first kappa shape index (κ1) is 14.2. The fourth-order valence-corrected chi connectivity index (χ4v) is 4.28. The molecule has 0 radical (unpaired) electrons. The molecule has 0 atom stereocenters. The first-order chi connectivity index (χ1) is 8.43. The Hall–Kier alpha value is -0.170. The highest BCUT2D eigenvalue weighted by Crippen LogP contribution is 2.25. The molecule has 2 rings (SSSR count). The van der Waals surface area contributed by atoms with E-state index in [1.165, 1.54) is 0 Å².